The molecule has 0 heterocycles. The Kier molecular flexibility index (Phi) is 3.66. The molecule has 0 spiro atoms. The fraction of sp³-hybridized carbons (Fsp3) is 0.750. The fourth-order valence-corrected chi connectivity index (χ4v) is 2.14. The molecule has 3 N–H and O–H groups in total. The van der Waals surface area contributed by atoms with Gasteiger partial charge in [-0.2, -0.15) is 8.42 Å². The number of hydrogen-bond donors (Lipinski definition) is 2. The number of rotatable bonds is 4. The van der Waals surface area contributed by atoms with Crippen molar-refractivity contribution in [3.63, 3.8) is 0 Å². The third kappa shape index (κ3) is 3.46. The number of nitrogens with two attached hydrogens (primary N) is 1. The van der Waals surface area contributed by atoms with Crippen LogP contribution in [0.4, 0.5) is 0 Å². The first-order valence-corrected chi connectivity index (χ1v) is 5.55. The van der Waals surface area contributed by atoms with Crippen LogP contribution < -0.4 is 5.73 Å². The summed E-state index contributed by atoms with van der Waals surface area (Å²) >= 11 is 0. The van der Waals surface area contributed by atoms with Crippen LogP contribution in [0.15, 0.2) is 12.2 Å². The fourth-order valence-electron chi connectivity index (χ4n) is 1.05. The van der Waals surface area contributed by atoms with E-state index < -0.39 is 20.9 Å². The van der Waals surface area contributed by atoms with E-state index in [1.165, 1.54) is 0 Å². The van der Waals surface area contributed by atoms with Crippen molar-refractivity contribution in [2.75, 3.05) is 0 Å². The molecule has 1 atom stereocenters. The van der Waals surface area contributed by atoms with Crippen molar-refractivity contribution in [3.05, 3.63) is 12.2 Å². The number of hydrogen-bond acceptors (Lipinski definition) is 3. The third-order valence-electron chi connectivity index (χ3n) is 1.95. The molecule has 0 bridgehead atoms. The lowest BCUT2D eigenvalue weighted by Gasteiger charge is -2.26. The maximum absolute atomic E-state index is 10.9. The molecule has 5 heteroatoms. The van der Waals surface area contributed by atoms with Gasteiger partial charge in [-0.25, -0.2) is 0 Å². The largest absolute Gasteiger partial charge is 0.322 e. The monoisotopic (exact) mass is 207 g/mol. The van der Waals surface area contributed by atoms with Crippen LogP contribution in [0.3, 0.4) is 0 Å². The molecule has 0 aromatic heterocycles. The van der Waals surface area contributed by atoms with Crippen LogP contribution in [0.2, 0.25) is 0 Å². The van der Waals surface area contributed by atoms with Gasteiger partial charge in [0.1, 0.15) is 5.25 Å². The van der Waals surface area contributed by atoms with Crippen molar-refractivity contribution >= 4 is 10.1 Å². The van der Waals surface area contributed by atoms with Gasteiger partial charge in [0, 0.05) is 5.54 Å². The van der Waals surface area contributed by atoms with E-state index in [1.54, 1.807) is 20.8 Å². The van der Waals surface area contributed by atoms with Gasteiger partial charge in [-0.15, -0.1) is 0 Å². The molecule has 0 aliphatic carbocycles. The molecule has 4 nitrogen and oxygen atoms in total. The maximum Gasteiger partial charge on any atom is 0.271 e. The van der Waals surface area contributed by atoms with E-state index in [4.69, 9.17) is 10.3 Å². The predicted molar refractivity (Wildman–Crippen MR) is 53.0 cm³/mol. The van der Waals surface area contributed by atoms with Crippen molar-refractivity contribution in [2.45, 2.75) is 38.0 Å². The summed E-state index contributed by atoms with van der Waals surface area (Å²) in [6, 6.07) is 0. The molecule has 0 aliphatic rings. The minimum Gasteiger partial charge on any atom is -0.322 e. The van der Waals surface area contributed by atoms with Crippen LogP contribution in [-0.4, -0.2) is 23.8 Å². The lowest BCUT2D eigenvalue weighted by Crippen LogP contribution is -2.41. The third-order valence-corrected chi connectivity index (χ3v) is 3.28. The molecule has 1 unspecified atom stereocenters. The van der Waals surface area contributed by atoms with Crippen LogP contribution in [-0.2, 0) is 10.1 Å². The van der Waals surface area contributed by atoms with Crippen molar-refractivity contribution in [2.24, 2.45) is 5.73 Å². The summed E-state index contributed by atoms with van der Waals surface area (Å²) in [4.78, 5) is 0. The van der Waals surface area contributed by atoms with Gasteiger partial charge in [0.2, 0.25) is 0 Å². The van der Waals surface area contributed by atoms with E-state index in [1.807, 2.05) is 0 Å². The van der Waals surface area contributed by atoms with Gasteiger partial charge < -0.3 is 5.73 Å². The highest BCUT2D eigenvalue weighted by Gasteiger charge is 2.31. The van der Waals surface area contributed by atoms with Crippen molar-refractivity contribution in [1.29, 1.82) is 0 Å². The van der Waals surface area contributed by atoms with E-state index >= 15 is 0 Å². The van der Waals surface area contributed by atoms with Gasteiger partial charge in [-0.1, -0.05) is 13.5 Å². The summed E-state index contributed by atoms with van der Waals surface area (Å²) < 4.78 is 30.6. The Morgan fingerprint density at radius 2 is 2.00 bits per heavy atom. The maximum atomic E-state index is 10.9. The van der Waals surface area contributed by atoms with Crippen molar-refractivity contribution < 1.29 is 13.0 Å². The summed E-state index contributed by atoms with van der Waals surface area (Å²) in [6.07, 6.45) is 0.276. The molecule has 0 amide bonds. The molecule has 78 valence electrons. The Morgan fingerprint density at radius 1 is 1.62 bits per heavy atom. The Hall–Kier alpha value is -0.390. The lowest BCUT2D eigenvalue weighted by atomic mass is 9.93. The van der Waals surface area contributed by atoms with Gasteiger partial charge in [0.15, 0.2) is 0 Å². The minimum absolute atomic E-state index is 0.276. The van der Waals surface area contributed by atoms with E-state index in [0.717, 1.165) is 0 Å². The molecule has 0 fully saturated rings. The van der Waals surface area contributed by atoms with E-state index in [-0.39, 0.29) is 6.42 Å². The van der Waals surface area contributed by atoms with Gasteiger partial charge in [0.05, 0.1) is 0 Å². The Balaban J connectivity index is 4.94. The first-order valence-electron chi connectivity index (χ1n) is 4.05. The highest BCUT2D eigenvalue weighted by Crippen LogP contribution is 2.22. The molecular weight excluding hydrogens is 190 g/mol. The summed E-state index contributed by atoms with van der Waals surface area (Å²) in [6.45, 7) is 8.57. The van der Waals surface area contributed by atoms with Crippen molar-refractivity contribution in [3.8, 4) is 0 Å². The molecule has 0 aliphatic heterocycles. The first kappa shape index (κ1) is 12.6. The lowest BCUT2D eigenvalue weighted by molar-refractivity contribution is 0.461. The summed E-state index contributed by atoms with van der Waals surface area (Å²) in [7, 11) is -4.08. The van der Waals surface area contributed by atoms with Crippen LogP contribution in [0.5, 0.6) is 0 Å². The Bertz CT molecular complexity index is 287. The predicted octanol–water partition coefficient (Wildman–Crippen LogP) is 0.946. The van der Waals surface area contributed by atoms with Gasteiger partial charge in [-0.3, -0.25) is 4.55 Å². The summed E-state index contributed by atoms with van der Waals surface area (Å²) in [5, 5.41) is -0.965. The molecule has 0 saturated carbocycles. The van der Waals surface area contributed by atoms with Crippen LogP contribution >= 0.6 is 0 Å². The molecule has 0 radical (unpaired) electrons. The summed E-state index contributed by atoms with van der Waals surface area (Å²) in [5.74, 6) is 0. The molecule has 0 rings (SSSR count). The molecule has 0 aromatic carbocycles. The molecule has 0 aromatic rings. The van der Waals surface area contributed by atoms with Gasteiger partial charge in [0.25, 0.3) is 10.1 Å². The van der Waals surface area contributed by atoms with Gasteiger partial charge >= 0.3 is 0 Å². The minimum atomic E-state index is -4.08. The van der Waals surface area contributed by atoms with Crippen LogP contribution in [0.25, 0.3) is 0 Å². The Morgan fingerprint density at radius 3 is 2.08 bits per heavy atom. The molecular formula is C8H17NO3S. The van der Waals surface area contributed by atoms with E-state index in [0.29, 0.717) is 5.57 Å². The van der Waals surface area contributed by atoms with E-state index in [9.17, 15) is 8.42 Å². The van der Waals surface area contributed by atoms with Crippen LogP contribution in [0.1, 0.15) is 27.2 Å². The zero-order chi connectivity index (χ0) is 10.9. The average Bonchev–Trinajstić information content (AvgIpc) is 1.83. The Labute approximate surface area is 79.6 Å². The highest BCUT2D eigenvalue weighted by atomic mass is 32.2. The highest BCUT2D eigenvalue weighted by molar-refractivity contribution is 7.86. The SMILES string of the molecule is C=C(C(CC)S(=O)(=O)O)C(C)(C)N. The zero-order valence-electron chi connectivity index (χ0n) is 8.24. The zero-order valence-corrected chi connectivity index (χ0v) is 9.06. The smallest absolute Gasteiger partial charge is 0.271 e. The second-order valence-corrected chi connectivity index (χ2v) is 5.26. The second-order valence-electron chi connectivity index (χ2n) is 3.66. The average molecular weight is 207 g/mol. The normalized spacial score (nSPS) is 15.5. The molecule has 0 saturated heterocycles. The molecule has 13 heavy (non-hydrogen) atoms. The quantitative estimate of drug-likeness (QED) is 0.531. The first-order chi connectivity index (χ1) is 5.60. The summed E-state index contributed by atoms with van der Waals surface area (Å²) in [5.41, 5.74) is 5.21. The standard InChI is InChI=1S/C8H17NO3S/c1-5-7(13(10,11)12)6(2)8(3,4)9/h7H,2,5,9H2,1,3-4H3,(H,10,11,12). The van der Waals surface area contributed by atoms with Crippen LogP contribution in [0, 0.1) is 0 Å². The topological polar surface area (TPSA) is 80.4 Å². The second kappa shape index (κ2) is 3.77. The van der Waals surface area contributed by atoms with Crippen molar-refractivity contribution in [1.82, 2.24) is 0 Å². The van der Waals surface area contributed by atoms with E-state index in [2.05, 4.69) is 6.58 Å². The van der Waals surface area contributed by atoms with Gasteiger partial charge in [-0.05, 0) is 25.8 Å².